The predicted molar refractivity (Wildman–Crippen MR) is 116 cm³/mol. The summed E-state index contributed by atoms with van der Waals surface area (Å²) in [5, 5.41) is 1.65. The molecule has 150 valence electrons. The van der Waals surface area contributed by atoms with Crippen LogP contribution in [0.5, 0.6) is 0 Å². The highest BCUT2D eigenvalue weighted by atomic mass is 35.5. The van der Waals surface area contributed by atoms with Crippen molar-refractivity contribution in [3.05, 3.63) is 76.2 Å². The molecule has 0 saturated carbocycles. The molecule has 5 nitrogen and oxygen atoms in total. The fraction of sp³-hybridized carbons (Fsp3) is 0.250. The third kappa shape index (κ3) is 8.06. The summed E-state index contributed by atoms with van der Waals surface area (Å²) in [6.45, 7) is 0.0490. The Bertz CT molecular complexity index is 884. The molecule has 0 unspecified atom stereocenters. The van der Waals surface area contributed by atoms with Crippen molar-refractivity contribution in [2.24, 2.45) is 0 Å². The third-order valence-corrected chi connectivity index (χ3v) is 5.74. The van der Waals surface area contributed by atoms with Gasteiger partial charge in [-0.2, -0.15) is 16.5 Å². The molecule has 0 heterocycles. The van der Waals surface area contributed by atoms with Crippen LogP contribution in [0, 0.1) is 0 Å². The molecule has 8 heteroatoms. The molecule has 1 N–H and O–H groups in total. The Morgan fingerprint density at radius 3 is 2.50 bits per heavy atom. The average molecular weight is 440 g/mol. The Labute approximate surface area is 175 Å². The van der Waals surface area contributed by atoms with Crippen molar-refractivity contribution >= 4 is 45.4 Å². The van der Waals surface area contributed by atoms with Crippen molar-refractivity contribution in [2.75, 3.05) is 12.0 Å². The van der Waals surface area contributed by atoms with Crippen LogP contribution in [0.1, 0.15) is 17.5 Å². The van der Waals surface area contributed by atoms with Crippen molar-refractivity contribution < 1.29 is 17.9 Å². The van der Waals surface area contributed by atoms with Gasteiger partial charge < -0.3 is 4.74 Å². The number of carbonyl (C=O) groups is 1. The Hall–Kier alpha value is -1.80. The van der Waals surface area contributed by atoms with E-state index in [1.807, 2.05) is 24.5 Å². The van der Waals surface area contributed by atoms with Gasteiger partial charge in [0.15, 0.2) is 0 Å². The number of halogens is 1. The van der Waals surface area contributed by atoms with Crippen molar-refractivity contribution in [3.8, 4) is 0 Å². The van der Waals surface area contributed by atoms with Crippen LogP contribution in [-0.2, 0) is 26.2 Å². The lowest BCUT2D eigenvalue weighted by atomic mass is 10.2. The second-order valence-corrected chi connectivity index (χ2v) is 8.96. The number of thioether (sulfide) groups is 1. The highest BCUT2D eigenvalue weighted by molar-refractivity contribution is 7.98. The zero-order chi connectivity index (χ0) is 20.4. The number of rotatable bonds is 10. The molecule has 0 spiro atoms. The number of ether oxygens (including phenoxy) is 1. The fourth-order valence-corrected chi connectivity index (χ4v) is 3.89. The Kier molecular flexibility index (Phi) is 9.05. The summed E-state index contributed by atoms with van der Waals surface area (Å²) in [4.78, 5) is 12.4. The van der Waals surface area contributed by atoms with E-state index in [0.717, 1.165) is 16.5 Å². The van der Waals surface area contributed by atoms with Gasteiger partial charge in [0.05, 0.1) is 0 Å². The van der Waals surface area contributed by atoms with E-state index in [4.69, 9.17) is 16.3 Å². The summed E-state index contributed by atoms with van der Waals surface area (Å²) >= 11 is 7.36. The minimum atomic E-state index is -3.80. The van der Waals surface area contributed by atoms with Gasteiger partial charge in [-0.15, -0.1) is 0 Å². The van der Waals surface area contributed by atoms with E-state index in [1.54, 1.807) is 36.4 Å². The van der Waals surface area contributed by atoms with Crippen LogP contribution in [0.4, 0.5) is 0 Å². The Morgan fingerprint density at radius 1 is 1.18 bits per heavy atom. The molecule has 0 aromatic heterocycles. The largest absolute Gasteiger partial charge is 0.460 e. The lowest BCUT2D eigenvalue weighted by Gasteiger charge is -2.16. The molecule has 2 rings (SSSR count). The number of benzene rings is 2. The van der Waals surface area contributed by atoms with E-state index < -0.39 is 22.0 Å². The maximum atomic E-state index is 12.4. The standard InChI is InChI=1S/C20H22ClNO4S2/c1-27-13-11-19(20(23)26-15-17-7-9-18(21)10-8-17)22-28(24,25)14-12-16-5-3-2-4-6-16/h2-10,12,14,19,22H,11,13,15H2,1H3/b14-12+/t19-/m0/s1. The van der Waals surface area contributed by atoms with Gasteiger partial charge in [0, 0.05) is 10.4 Å². The van der Waals surface area contributed by atoms with Crippen LogP contribution >= 0.6 is 23.4 Å². The Balaban J connectivity index is 2.01. The van der Waals surface area contributed by atoms with E-state index in [9.17, 15) is 13.2 Å². The lowest BCUT2D eigenvalue weighted by Crippen LogP contribution is -2.41. The highest BCUT2D eigenvalue weighted by Gasteiger charge is 2.24. The molecule has 0 radical (unpaired) electrons. The molecule has 0 aliphatic heterocycles. The van der Waals surface area contributed by atoms with Crippen molar-refractivity contribution in [1.82, 2.24) is 4.72 Å². The van der Waals surface area contributed by atoms with E-state index in [0.29, 0.717) is 17.2 Å². The minimum Gasteiger partial charge on any atom is -0.460 e. The van der Waals surface area contributed by atoms with Gasteiger partial charge >= 0.3 is 5.97 Å². The molecule has 0 bridgehead atoms. The molecule has 2 aromatic carbocycles. The van der Waals surface area contributed by atoms with Crippen molar-refractivity contribution in [1.29, 1.82) is 0 Å². The monoisotopic (exact) mass is 439 g/mol. The summed E-state index contributed by atoms with van der Waals surface area (Å²) in [7, 11) is -3.80. The zero-order valence-corrected chi connectivity index (χ0v) is 17.8. The van der Waals surface area contributed by atoms with Gasteiger partial charge in [-0.3, -0.25) is 4.79 Å². The molecule has 28 heavy (non-hydrogen) atoms. The molecular weight excluding hydrogens is 418 g/mol. The predicted octanol–water partition coefficient (Wildman–Crippen LogP) is 4.10. The molecular formula is C20H22ClNO4S2. The van der Waals surface area contributed by atoms with E-state index in [2.05, 4.69) is 4.72 Å². The molecule has 0 saturated heterocycles. The molecule has 0 fully saturated rings. The smallest absolute Gasteiger partial charge is 0.324 e. The number of hydrogen-bond acceptors (Lipinski definition) is 5. The van der Waals surface area contributed by atoms with Gasteiger partial charge in [-0.05, 0) is 47.8 Å². The number of nitrogens with one attached hydrogen (secondary N) is 1. The first-order valence-corrected chi connectivity index (χ1v) is 11.9. The van der Waals surface area contributed by atoms with Crippen molar-refractivity contribution in [2.45, 2.75) is 19.1 Å². The van der Waals surface area contributed by atoms with Gasteiger partial charge in [0.2, 0.25) is 10.0 Å². The van der Waals surface area contributed by atoms with Crippen LogP contribution in [-0.4, -0.2) is 32.4 Å². The fourth-order valence-electron chi connectivity index (χ4n) is 2.27. The second kappa shape index (κ2) is 11.3. The quantitative estimate of drug-likeness (QED) is 0.564. The maximum Gasteiger partial charge on any atom is 0.324 e. The SMILES string of the molecule is CSCC[C@H](NS(=O)(=O)/C=C/c1ccccc1)C(=O)OCc1ccc(Cl)cc1. The first-order valence-electron chi connectivity index (χ1n) is 8.55. The van der Waals surface area contributed by atoms with Crippen LogP contribution in [0.2, 0.25) is 5.02 Å². The van der Waals surface area contributed by atoms with E-state index in [1.165, 1.54) is 17.8 Å². The topological polar surface area (TPSA) is 72.5 Å². The van der Waals surface area contributed by atoms with E-state index >= 15 is 0 Å². The summed E-state index contributed by atoms with van der Waals surface area (Å²) in [5.41, 5.74) is 1.52. The van der Waals surface area contributed by atoms with Crippen LogP contribution in [0.15, 0.2) is 60.0 Å². The Morgan fingerprint density at radius 2 is 1.86 bits per heavy atom. The van der Waals surface area contributed by atoms with Crippen LogP contribution < -0.4 is 4.72 Å². The highest BCUT2D eigenvalue weighted by Crippen LogP contribution is 2.12. The number of hydrogen-bond donors (Lipinski definition) is 1. The van der Waals surface area contributed by atoms with Crippen LogP contribution in [0.25, 0.3) is 6.08 Å². The molecule has 1 atom stereocenters. The van der Waals surface area contributed by atoms with Crippen LogP contribution in [0.3, 0.4) is 0 Å². The van der Waals surface area contributed by atoms with Gasteiger partial charge in [-0.1, -0.05) is 54.1 Å². The maximum absolute atomic E-state index is 12.4. The number of sulfonamides is 1. The number of esters is 1. The summed E-state index contributed by atoms with van der Waals surface area (Å²) in [5.74, 6) is 0.00622. The summed E-state index contributed by atoms with van der Waals surface area (Å²) < 4.78 is 32.4. The molecule has 2 aromatic rings. The van der Waals surface area contributed by atoms with E-state index in [-0.39, 0.29) is 6.61 Å². The zero-order valence-electron chi connectivity index (χ0n) is 15.4. The lowest BCUT2D eigenvalue weighted by molar-refractivity contribution is -0.147. The first kappa shape index (κ1) is 22.5. The van der Waals surface area contributed by atoms with Gasteiger partial charge in [-0.25, -0.2) is 8.42 Å². The molecule has 0 aliphatic rings. The summed E-state index contributed by atoms with van der Waals surface area (Å²) in [6.07, 6.45) is 3.70. The average Bonchev–Trinajstić information content (AvgIpc) is 2.70. The summed E-state index contributed by atoms with van der Waals surface area (Å²) in [6, 6.07) is 15.0. The molecule has 0 aliphatic carbocycles. The van der Waals surface area contributed by atoms with Gasteiger partial charge in [0.25, 0.3) is 0 Å². The normalized spacial score (nSPS) is 12.8. The third-order valence-electron chi connectivity index (χ3n) is 3.74. The minimum absolute atomic E-state index is 0.0490. The van der Waals surface area contributed by atoms with Gasteiger partial charge in [0.1, 0.15) is 12.6 Å². The number of carbonyl (C=O) groups excluding carboxylic acids is 1. The van der Waals surface area contributed by atoms with Crippen molar-refractivity contribution in [3.63, 3.8) is 0 Å². The second-order valence-electron chi connectivity index (χ2n) is 5.94. The molecule has 0 amide bonds. The first-order chi connectivity index (χ1) is 13.4.